The third kappa shape index (κ3) is 2.82. The maximum absolute atomic E-state index is 5.93. The third-order valence-electron chi connectivity index (χ3n) is 4.74. The van der Waals surface area contributed by atoms with E-state index in [1.165, 1.54) is 5.56 Å². The van der Waals surface area contributed by atoms with Crippen molar-refractivity contribution >= 4 is 28.6 Å². The highest BCUT2D eigenvalue weighted by Crippen LogP contribution is 2.37. The number of nitrogens with zero attached hydrogens (tertiary/aromatic N) is 3. The van der Waals surface area contributed by atoms with Gasteiger partial charge in [0, 0.05) is 23.3 Å². The summed E-state index contributed by atoms with van der Waals surface area (Å²) < 4.78 is 13.9. The number of hydrogen-bond acceptors (Lipinski definition) is 5. The van der Waals surface area contributed by atoms with E-state index in [1.807, 2.05) is 25.1 Å². The van der Waals surface area contributed by atoms with E-state index in [1.54, 1.807) is 11.8 Å². The average molecular weight is 380 g/mol. The number of aromatic nitrogens is 4. The maximum atomic E-state index is 5.93. The number of thioether (sulfide) groups is 1. The van der Waals surface area contributed by atoms with Crippen LogP contribution >= 0.6 is 11.8 Å². The molecule has 5 rings (SSSR count). The van der Waals surface area contributed by atoms with Crippen LogP contribution < -0.4 is 9.47 Å². The average Bonchev–Trinajstić information content (AvgIpc) is 3.32. The summed E-state index contributed by atoms with van der Waals surface area (Å²) in [6.07, 6.45) is 1.16. The van der Waals surface area contributed by atoms with E-state index in [0.29, 0.717) is 6.61 Å². The Labute approximate surface area is 160 Å². The van der Waals surface area contributed by atoms with Crippen LogP contribution in [0.3, 0.4) is 0 Å². The summed E-state index contributed by atoms with van der Waals surface area (Å²) in [5, 5.41) is 8.36. The Balaban J connectivity index is 1.48. The van der Waals surface area contributed by atoms with Crippen LogP contribution in [-0.4, -0.2) is 32.3 Å². The molecule has 0 aliphatic carbocycles. The van der Waals surface area contributed by atoms with Gasteiger partial charge < -0.3 is 9.47 Å². The van der Waals surface area contributed by atoms with Crippen LogP contribution in [0.1, 0.15) is 25.0 Å². The van der Waals surface area contributed by atoms with Gasteiger partial charge in [0.15, 0.2) is 5.16 Å². The molecule has 1 N–H and O–H groups in total. The van der Waals surface area contributed by atoms with Gasteiger partial charge in [0.05, 0.1) is 17.6 Å². The predicted molar refractivity (Wildman–Crippen MR) is 106 cm³/mol. The second kappa shape index (κ2) is 6.49. The highest BCUT2D eigenvalue weighted by molar-refractivity contribution is 7.98. The van der Waals surface area contributed by atoms with Gasteiger partial charge in [-0.2, -0.15) is 0 Å². The molecule has 7 heteroatoms. The van der Waals surface area contributed by atoms with Crippen molar-refractivity contribution in [3.8, 4) is 11.5 Å². The lowest BCUT2D eigenvalue weighted by molar-refractivity contribution is 0.254. The van der Waals surface area contributed by atoms with Crippen molar-refractivity contribution in [2.45, 2.75) is 37.3 Å². The van der Waals surface area contributed by atoms with Crippen LogP contribution in [0.2, 0.25) is 0 Å². The summed E-state index contributed by atoms with van der Waals surface area (Å²) in [6.45, 7) is 4.75. The molecule has 0 amide bonds. The van der Waals surface area contributed by atoms with Gasteiger partial charge in [-0.1, -0.05) is 23.9 Å². The molecule has 3 heterocycles. The molecule has 0 radical (unpaired) electrons. The Hall–Kier alpha value is -2.67. The molecule has 2 aromatic heterocycles. The Kier molecular flexibility index (Phi) is 3.97. The summed E-state index contributed by atoms with van der Waals surface area (Å²) in [5.74, 6) is 3.41. The molecule has 0 unspecified atom stereocenters. The monoisotopic (exact) mass is 380 g/mol. The number of benzene rings is 2. The van der Waals surface area contributed by atoms with Crippen molar-refractivity contribution in [3.63, 3.8) is 0 Å². The molecular formula is C20H20N4O2S. The van der Waals surface area contributed by atoms with E-state index in [9.17, 15) is 0 Å². The molecule has 0 spiro atoms. The number of ether oxygens (including phenoxy) is 2. The number of aromatic amines is 1. The molecule has 6 nitrogen and oxygen atoms in total. The minimum Gasteiger partial charge on any atom is -0.494 e. The first kappa shape index (κ1) is 16.5. The van der Waals surface area contributed by atoms with E-state index < -0.39 is 0 Å². The van der Waals surface area contributed by atoms with Gasteiger partial charge >= 0.3 is 0 Å². The molecule has 0 saturated heterocycles. The molecule has 27 heavy (non-hydrogen) atoms. The molecule has 4 aromatic rings. The molecule has 0 saturated carbocycles. The number of rotatable bonds is 5. The zero-order valence-electron chi connectivity index (χ0n) is 15.2. The quantitative estimate of drug-likeness (QED) is 0.525. The second-order valence-corrected chi connectivity index (χ2v) is 7.63. The van der Waals surface area contributed by atoms with Crippen molar-refractivity contribution in [1.29, 1.82) is 0 Å². The topological polar surface area (TPSA) is 64.4 Å². The first-order valence-corrected chi connectivity index (χ1v) is 10.1. The fraction of sp³-hybridized carbons (Fsp3) is 0.300. The SMILES string of the molecule is CCOc1cc2c(cc1CSc1n[nH]c3nc4ccccc4n13)O[C@H](C)C2. The standard InChI is InChI=1S/C20H20N4O2S/c1-3-25-17-9-13-8-12(2)26-18(13)10-14(17)11-27-20-23-22-19-21-15-6-4-5-7-16(15)24(19)20/h4-7,9-10,12H,3,8,11H2,1-2H3,(H,21,22)/t12-/m1/s1. The van der Waals surface area contributed by atoms with Gasteiger partial charge in [0.1, 0.15) is 17.6 Å². The number of imidazole rings is 1. The fourth-order valence-corrected chi connectivity index (χ4v) is 4.50. The van der Waals surface area contributed by atoms with Crippen LogP contribution in [0.25, 0.3) is 16.8 Å². The van der Waals surface area contributed by atoms with Crippen molar-refractivity contribution in [2.24, 2.45) is 0 Å². The summed E-state index contributed by atoms with van der Waals surface area (Å²) in [4.78, 5) is 4.58. The highest BCUT2D eigenvalue weighted by atomic mass is 32.2. The molecular weight excluding hydrogens is 360 g/mol. The first-order valence-electron chi connectivity index (χ1n) is 9.12. The maximum Gasteiger partial charge on any atom is 0.231 e. The summed E-state index contributed by atoms with van der Waals surface area (Å²) in [7, 11) is 0. The fourth-order valence-electron chi connectivity index (χ4n) is 3.57. The molecule has 138 valence electrons. The van der Waals surface area contributed by atoms with Gasteiger partial charge in [-0.25, -0.2) is 10.1 Å². The van der Waals surface area contributed by atoms with Crippen LogP contribution in [0.5, 0.6) is 11.5 Å². The van der Waals surface area contributed by atoms with Gasteiger partial charge in [0.2, 0.25) is 5.78 Å². The van der Waals surface area contributed by atoms with Gasteiger partial charge in [-0.05, 0) is 38.1 Å². The third-order valence-corrected chi connectivity index (χ3v) is 5.73. The molecule has 0 bridgehead atoms. The van der Waals surface area contributed by atoms with Crippen molar-refractivity contribution < 1.29 is 9.47 Å². The van der Waals surface area contributed by atoms with Crippen molar-refractivity contribution in [2.75, 3.05) is 6.61 Å². The van der Waals surface area contributed by atoms with Crippen LogP contribution in [0.15, 0.2) is 41.6 Å². The van der Waals surface area contributed by atoms with Crippen LogP contribution in [-0.2, 0) is 12.2 Å². The zero-order chi connectivity index (χ0) is 18.4. The van der Waals surface area contributed by atoms with E-state index in [-0.39, 0.29) is 6.10 Å². The summed E-state index contributed by atoms with van der Waals surface area (Å²) >= 11 is 1.66. The molecule has 1 atom stereocenters. The Morgan fingerprint density at radius 2 is 2.22 bits per heavy atom. The minimum atomic E-state index is 0.223. The van der Waals surface area contributed by atoms with E-state index in [2.05, 4.69) is 44.7 Å². The summed E-state index contributed by atoms with van der Waals surface area (Å²) in [5.41, 5.74) is 4.36. The lowest BCUT2D eigenvalue weighted by Gasteiger charge is -2.12. The van der Waals surface area contributed by atoms with E-state index in [4.69, 9.17) is 9.47 Å². The van der Waals surface area contributed by atoms with Gasteiger partial charge in [-0.15, -0.1) is 5.10 Å². The molecule has 0 fully saturated rings. The smallest absolute Gasteiger partial charge is 0.231 e. The van der Waals surface area contributed by atoms with Crippen molar-refractivity contribution in [3.05, 3.63) is 47.5 Å². The zero-order valence-corrected chi connectivity index (χ0v) is 16.0. The number of H-pyrrole nitrogens is 1. The van der Waals surface area contributed by atoms with E-state index in [0.717, 1.165) is 51.2 Å². The lowest BCUT2D eigenvalue weighted by atomic mass is 10.1. The number of para-hydroxylation sites is 2. The number of nitrogens with one attached hydrogen (secondary N) is 1. The van der Waals surface area contributed by atoms with Gasteiger partial charge in [0.25, 0.3) is 0 Å². The summed E-state index contributed by atoms with van der Waals surface area (Å²) in [6, 6.07) is 12.3. The second-order valence-electron chi connectivity index (χ2n) is 6.69. The Morgan fingerprint density at radius 1 is 1.33 bits per heavy atom. The Bertz CT molecular complexity index is 1130. The largest absolute Gasteiger partial charge is 0.494 e. The molecule has 1 aliphatic heterocycles. The molecule has 2 aromatic carbocycles. The highest BCUT2D eigenvalue weighted by Gasteiger charge is 2.22. The normalized spacial score (nSPS) is 16.0. The van der Waals surface area contributed by atoms with Crippen LogP contribution in [0.4, 0.5) is 0 Å². The van der Waals surface area contributed by atoms with Crippen molar-refractivity contribution in [1.82, 2.24) is 19.6 Å². The van der Waals surface area contributed by atoms with Gasteiger partial charge in [-0.3, -0.25) is 4.40 Å². The van der Waals surface area contributed by atoms with Crippen LogP contribution in [0, 0.1) is 0 Å². The first-order chi connectivity index (χ1) is 13.2. The Morgan fingerprint density at radius 3 is 3.11 bits per heavy atom. The number of fused-ring (bicyclic) bond motifs is 4. The molecule has 1 aliphatic rings. The lowest BCUT2D eigenvalue weighted by Crippen LogP contribution is -2.05. The predicted octanol–water partition coefficient (Wildman–Crippen LogP) is 4.23. The number of hydrogen-bond donors (Lipinski definition) is 1. The minimum absolute atomic E-state index is 0.223. The van der Waals surface area contributed by atoms with E-state index >= 15 is 0 Å².